The average molecular weight is 237 g/mol. The topological polar surface area (TPSA) is 56.3 Å². The highest BCUT2D eigenvalue weighted by Crippen LogP contribution is 2.16. The van der Waals surface area contributed by atoms with Crippen LogP contribution < -0.4 is 14.8 Å². The predicted octanol–water partition coefficient (Wildman–Crippen LogP) is 1.39. The highest BCUT2D eigenvalue weighted by Gasteiger charge is 2.15. The number of aromatic nitrogens is 2. The van der Waals surface area contributed by atoms with E-state index in [0.717, 1.165) is 25.9 Å². The molecular weight excluding hydrogens is 218 g/mol. The summed E-state index contributed by atoms with van der Waals surface area (Å²) in [7, 11) is 0. The lowest BCUT2D eigenvalue weighted by molar-refractivity contribution is 0.155. The summed E-state index contributed by atoms with van der Waals surface area (Å²) in [5.41, 5.74) is 0. The van der Waals surface area contributed by atoms with Gasteiger partial charge in [-0.1, -0.05) is 0 Å². The zero-order valence-electron chi connectivity index (χ0n) is 10.3. The second-order valence-corrected chi connectivity index (χ2v) is 4.45. The van der Waals surface area contributed by atoms with Gasteiger partial charge in [0.25, 0.3) is 0 Å². The van der Waals surface area contributed by atoms with Gasteiger partial charge >= 0.3 is 0 Å². The molecule has 1 fully saturated rings. The smallest absolute Gasteiger partial charge is 0.235 e. The molecule has 1 aliphatic rings. The van der Waals surface area contributed by atoms with E-state index in [0.29, 0.717) is 11.8 Å². The molecule has 1 aromatic heterocycles. The van der Waals surface area contributed by atoms with E-state index in [1.165, 1.54) is 0 Å². The Morgan fingerprint density at radius 3 is 2.88 bits per heavy atom. The lowest BCUT2D eigenvalue weighted by Crippen LogP contribution is -2.37. The van der Waals surface area contributed by atoms with Crippen molar-refractivity contribution in [3.8, 4) is 11.8 Å². The second kappa shape index (κ2) is 5.82. The molecule has 94 valence electrons. The van der Waals surface area contributed by atoms with Crippen molar-refractivity contribution in [3.63, 3.8) is 0 Å². The van der Waals surface area contributed by atoms with E-state index in [-0.39, 0.29) is 12.2 Å². The fourth-order valence-corrected chi connectivity index (χ4v) is 1.78. The molecule has 5 nitrogen and oxygen atoms in total. The van der Waals surface area contributed by atoms with Gasteiger partial charge in [0.2, 0.25) is 11.8 Å². The maximum atomic E-state index is 5.76. The van der Waals surface area contributed by atoms with Crippen molar-refractivity contribution >= 4 is 0 Å². The quantitative estimate of drug-likeness (QED) is 0.857. The normalized spacial score (nSPS) is 20.3. The van der Waals surface area contributed by atoms with E-state index in [1.807, 2.05) is 13.8 Å². The number of ether oxygens (including phenoxy) is 2. The summed E-state index contributed by atoms with van der Waals surface area (Å²) in [5.74, 6) is 1.05. The average Bonchev–Trinajstić information content (AvgIpc) is 2.30. The standard InChI is InChI=1S/C12H19N3O2/c1-9(2)16-11-7-14-8-12(15-11)17-10-4-3-5-13-6-10/h7-10,13H,3-6H2,1-2H3. The largest absolute Gasteiger partial charge is 0.474 e. The maximum Gasteiger partial charge on any atom is 0.235 e. The van der Waals surface area contributed by atoms with E-state index >= 15 is 0 Å². The third kappa shape index (κ3) is 3.85. The Balaban J connectivity index is 1.95. The van der Waals surface area contributed by atoms with Gasteiger partial charge in [0, 0.05) is 6.54 Å². The molecule has 17 heavy (non-hydrogen) atoms. The predicted molar refractivity (Wildman–Crippen MR) is 64.3 cm³/mol. The van der Waals surface area contributed by atoms with E-state index in [9.17, 15) is 0 Å². The van der Waals surface area contributed by atoms with Gasteiger partial charge in [-0.2, -0.15) is 4.98 Å². The van der Waals surface area contributed by atoms with E-state index in [1.54, 1.807) is 12.4 Å². The first kappa shape index (κ1) is 12.1. The zero-order chi connectivity index (χ0) is 12.1. The van der Waals surface area contributed by atoms with Gasteiger partial charge in [-0.25, -0.2) is 0 Å². The lowest BCUT2D eigenvalue weighted by Gasteiger charge is -2.23. The van der Waals surface area contributed by atoms with Crippen LogP contribution in [-0.2, 0) is 0 Å². The van der Waals surface area contributed by atoms with Crippen molar-refractivity contribution in [2.24, 2.45) is 0 Å². The minimum atomic E-state index is 0.0934. The first-order chi connectivity index (χ1) is 8.24. The van der Waals surface area contributed by atoms with Crippen molar-refractivity contribution in [1.82, 2.24) is 15.3 Å². The molecule has 0 spiro atoms. The molecule has 1 aromatic rings. The number of hydrogen-bond donors (Lipinski definition) is 1. The molecule has 0 aromatic carbocycles. The molecule has 0 radical (unpaired) electrons. The Labute approximate surface area is 102 Å². The van der Waals surface area contributed by atoms with E-state index in [4.69, 9.17) is 9.47 Å². The highest BCUT2D eigenvalue weighted by atomic mass is 16.5. The molecule has 2 heterocycles. The molecule has 0 aliphatic carbocycles. The van der Waals surface area contributed by atoms with Crippen LogP contribution in [0.5, 0.6) is 11.8 Å². The fraction of sp³-hybridized carbons (Fsp3) is 0.667. The lowest BCUT2D eigenvalue weighted by atomic mass is 10.1. The molecule has 2 rings (SSSR count). The van der Waals surface area contributed by atoms with Crippen LogP contribution in [0.2, 0.25) is 0 Å². The second-order valence-electron chi connectivity index (χ2n) is 4.45. The maximum absolute atomic E-state index is 5.76. The summed E-state index contributed by atoms with van der Waals surface area (Å²) in [4.78, 5) is 8.34. The summed E-state index contributed by atoms with van der Waals surface area (Å²) in [5, 5.41) is 3.30. The zero-order valence-corrected chi connectivity index (χ0v) is 10.3. The van der Waals surface area contributed by atoms with Crippen molar-refractivity contribution < 1.29 is 9.47 Å². The molecule has 1 atom stereocenters. The van der Waals surface area contributed by atoms with Crippen molar-refractivity contribution in [1.29, 1.82) is 0 Å². The van der Waals surface area contributed by atoms with Crippen LogP contribution in [-0.4, -0.2) is 35.3 Å². The van der Waals surface area contributed by atoms with E-state index < -0.39 is 0 Å². The Hall–Kier alpha value is -1.36. The molecular formula is C12H19N3O2. The molecule has 0 bridgehead atoms. The van der Waals surface area contributed by atoms with Crippen LogP contribution in [0.4, 0.5) is 0 Å². The molecule has 5 heteroatoms. The number of piperidine rings is 1. The minimum absolute atomic E-state index is 0.0934. The van der Waals surface area contributed by atoms with Gasteiger partial charge in [0.05, 0.1) is 18.5 Å². The molecule has 0 saturated carbocycles. The molecule has 1 unspecified atom stereocenters. The number of rotatable bonds is 4. The van der Waals surface area contributed by atoms with Gasteiger partial charge in [-0.05, 0) is 33.2 Å². The molecule has 0 amide bonds. The Morgan fingerprint density at radius 2 is 2.18 bits per heavy atom. The Morgan fingerprint density at radius 1 is 1.35 bits per heavy atom. The number of nitrogens with one attached hydrogen (secondary N) is 1. The van der Waals surface area contributed by atoms with Crippen molar-refractivity contribution in [3.05, 3.63) is 12.4 Å². The molecule has 1 saturated heterocycles. The van der Waals surface area contributed by atoms with E-state index in [2.05, 4.69) is 15.3 Å². The Kier molecular flexibility index (Phi) is 4.14. The summed E-state index contributed by atoms with van der Waals surface area (Å²) >= 11 is 0. The Bertz CT molecular complexity index is 351. The summed E-state index contributed by atoms with van der Waals surface area (Å²) in [6.45, 7) is 5.86. The first-order valence-electron chi connectivity index (χ1n) is 6.10. The van der Waals surface area contributed by atoms with Crippen molar-refractivity contribution in [2.45, 2.75) is 38.9 Å². The van der Waals surface area contributed by atoms with Gasteiger partial charge in [-0.15, -0.1) is 0 Å². The third-order valence-corrected chi connectivity index (χ3v) is 2.49. The van der Waals surface area contributed by atoms with Crippen LogP contribution >= 0.6 is 0 Å². The SMILES string of the molecule is CC(C)Oc1cncc(OC2CCCNC2)n1. The summed E-state index contributed by atoms with van der Waals surface area (Å²) in [6.07, 6.45) is 5.71. The van der Waals surface area contributed by atoms with Crippen LogP contribution in [0.3, 0.4) is 0 Å². The number of hydrogen-bond acceptors (Lipinski definition) is 5. The van der Waals surface area contributed by atoms with Gasteiger partial charge in [0.1, 0.15) is 6.10 Å². The van der Waals surface area contributed by atoms with Gasteiger partial charge in [0.15, 0.2) is 0 Å². The number of nitrogens with zero attached hydrogens (tertiary/aromatic N) is 2. The first-order valence-corrected chi connectivity index (χ1v) is 6.10. The summed E-state index contributed by atoms with van der Waals surface area (Å²) in [6, 6.07) is 0. The summed E-state index contributed by atoms with van der Waals surface area (Å²) < 4.78 is 11.2. The fourth-order valence-electron chi connectivity index (χ4n) is 1.78. The van der Waals surface area contributed by atoms with Gasteiger partial charge < -0.3 is 14.8 Å². The monoisotopic (exact) mass is 237 g/mol. The van der Waals surface area contributed by atoms with Crippen LogP contribution in [0, 0.1) is 0 Å². The van der Waals surface area contributed by atoms with Gasteiger partial charge in [-0.3, -0.25) is 4.98 Å². The minimum Gasteiger partial charge on any atom is -0.474 e. The molecule has 1 N–H and O–H groups in total. The van der Waals surface area contributed by atoms with Crippen molar-refractivity contribution in [2.75, 3.05) is 13.1 Å². The van der Waals surface area contributed by atoms with Crippen LogP contribution in [0.25, 0.3) is 0 Å². The molecule has 1 aliphatic heterocycles. The van der Waals surface area contributed by atoms with Crippen LogP contribution in [0.15, 0.2) is 12.4 Å². The highest BCUT2D eigenvalue weighted by molar-refractivity contribution is 5.13. The van der Waals surface area contributed by atoms with Crippen LogP contribution in [0.1, 0.15) is 26.7 Å². The third-order valence-electron chi connectivity index (χ3n) is 2.49.